The molecule has 36 heavy (non-hydrogen) atoms. The number of nitrogens with zero attached hydrogens (tertiary/aromatic N) is 7. The van der Waals surface area contributed by atoms with Crippen LogP contribution < -0.4 is 15.4 Å². The van der Waals surface area contributed by atoms with Gasteiger partial charge in [0.2, 0.25) is 0 Å². The molecule has 0 saturated heterocycles. The van der Waals surface area contributed by atoms with Crippen LogP contribution in [0.5, 0.6) is 5.75 Å². The molecule has 0 saturated carbocycles. The lowest BCUT2D eigenvalue weighted by molar-refractivity contribution is 0.0942. The molecule has 0 aliphatic carbocycles. The summed E-state index contributed by atoms with van der Waals surface area (Å²) >= 11 is 0. The molecule has 0 bridgehead atoms. The minimum absolute atomic E-state index is 0.0565. The number of hydrogen-bond donors (Lipinski definition) is 2. The van der Waals surface area contributed by atoms with Crippen LogP contribution in [0, 0.1) is 0 Å². The second-order valence-corrected chi connectivity index (χ2v) is 7.85. The molecule has 0 unspecified atom stereocenters. The molecule has 2 N–H and O–H groups in total. The van der Waals surface area contributed by atoms with Gasteiger partial charge in [-0.1, -0.05) is 36.4 Å². The Balaban J connectivity index is 1.28. The van der Waals surface area contributed by atoms with Gasteiger partial charge in [-0.3, -0.25) is 9.59 Å². The molecule has 12 heteroatoms. The summed E-state index contributed by atoms with van der Waals surface area (Å²) < 4.78 is 6.51. The quantitative estimate of drug-likeness (QED) is 0.392. The summed E-state index contributed by atoms with van der Waals surface area (Å²) in [4.78, 5) is 34.1. The van der Waals surface area contributed by atoms with Gasteiger partial charge in [-0.25, -0.2) is 4.98 Å². The standard InChI is InChI=1S/C24H21N9O3/c1-36-18-4-2-3-16(9-18)12-25-22(34)19-10-21(33-24(30-19)27-14-29-33)23(35)26-11-15-5-7-17(8-6-15)20-13-28-32-31-20/h2-10,14H,11-13H2,1H3,(H,25,34)(H,26,35). The summed E-state index contributed by atoms with van der Waals surface area (Å²) in [7, 11) is 1.58. The van der Waals surface area contributed by atoms with E-state index in [0.717, 1.165) is 22.4 Å². The van der Waals surface area contributed by atoms with Crippen molar-refractivity contribution < 1.29 is 14.3 Å². The summed E-state index contributed by atoms with van der Waals surface area (Å²) in [6.07, 6.45) is 1.28. The third-order valence-corrected chi connectivity index (χ3v) is 5.49. The fourth-order valence-electron chi connectivity index (χ4n) is 3.60. The zero-order valence-corrected chi connectivity index (χ0v) is 19.3. The highest BCUT2D eigenvalue weighted by Gasteiger charge is 2.18. The molecule has 0 fully saturated rings. The Hall–Kier alpha value is -5.00. The Morgan fingerprint density at radius 3 is 2.58 bits per heavy atom. The van der Waals surface area contributed by atoms with E-state index in [0.29, 0.717) is 12.3 Å². The van der Waals surface area contributed by atoms with Gasteiger partial charge < -0.3 is 15.4 Å². The van der Waals surface area contributed by atoms with E-state index >= 15 is 0 Å². The van der Waals surface area contributed by atoms with Gasteiger partial charge in [0.05, 0.1) is 12.8 Å². The van der Waals surface area contributed by atoms with Crippen molar-refractivity contribution >= 4 is 23.3 Å². The first kappa shape index (κ1) is 22.8. The normalized spacial score (nSPS) is 12.4. The molecular weight excluding hydrogens is 462 g/mol. The van der Waals surface area contributed by atoms with Crippen LogP contribution >= 0.6 is 0 Å². The van der Waals surface area contributed by atoms with Crippen molar-refractivity contribution in [3.05, 3.63) is 89.0 Å². The molecule has 0 spiro atoms. The van der Waals surface area contributed by atoms with Gasteiger partial charge in [-0.15, -0.1) is 5.10 Å². The van der Waals surface area contributed by atoms with Crippen LogP contribution in [-0.4, -0.2) is 50.8 Å². The highest BCUT2D eigenvalue weighted by Crippen LogP contribution is 2.13. The average Bonchev–Trinajstić information content (AvgIpc) is 3.63. The molecule has 0 radical (unpaired) electrons. The zero-order chi connectivity index (χ0) is 24.9. The Morgan fingerprint density at radius 2 is 1.81 bits per heavy atom. The monoisotopic (exact) mass is 483 g/mol. The summed E-state index contributed by atoms with van der Waals surface area (Å²) in [5.41, 5.74) is 3.68. The van der Waals surface area contributed by atoms with Gasteiger partial charge in [0.1, 0.15) is 30.0 Å². The van der Waals surface area contributed by atoms with E-state index in [-0.39, 0.29) is 30.3 Å². The SMILES string of the molecule is COc1cccc(CNC(=O)c2cc(C(=O)NCc3ccc(C4=NN=NC4)cc3)n3ncnc3n2)c1. The number of methoxy groups -OCH3 is 1. The van der Waals surface area contributed by atoms with E-state index in [1.165, 1.54) is 16.9 Å². The molecule has 4 aromatic rings. The first-order valence-electron chi connectivity index (χ1n) is 11.0. The van der Waals surface area contributed by atoms with Crippen molar-refractivity contribution in [1.29, 1.82) is 0 Å². The largest absolute Gasteiger partial charge is 0.497 e. The Morgan fingerprint density at radius 1 is 1.00 bits per heavy atom. The molecule has 1 aliphatic rings. The molecule has 180 valence electrons. The molecule has 2 aromatic heterocycles. The van der Waals surface area contributed by atoms with E-state index < -0.39 is 11.8 Å². The zero-order valence-electron chi connectivity index (χ0n) is 19.3. The van der Waals surface area contributed by atoms with Crippen molar-refractivity contribution in [2.75, 3.05) is 13.7 Å². The highest BCUT2D eigenvalue weighted by molar-refractivity contribution is 6.02. The van der Waals surface area contributed by atoms with Gasteiger partial charge in [-0.2, -0.15) is 19.7 Å². The third kappa shape index (κ3) is 4.92. The second kappa shape index (κ2) is 10.1. The van der Waals surface area contributed by atoms with Crippen LogP contribution in [0.1, 0.15) is 37.7 Å². The minimum atomic E-state index is -0.443. The van der Waals surface area contributed by atoms with Crippen LogP contribution in [0.15, 0.2) is 76.4 Å². The van der Waals surface area contributed by atoms with Crippen LogP contribution in [0.4, 0.5) is 0 Å². The van der Waals surface area contributed by atoms with E-state index in [9.17, 15) is 9.59 Å². The van der Waals surface area contributed by atoms with Gasteiger partial charge in [0, 0.05) is 19.2 Å². The first-order valence-corrected chi connectivity index (χ1v) is 11.0. The third-order valence-electron chi connectivity index (χ3n) is 5.49. The number of ether oxygens (including phenoxy) is 1. The van der Waals surface area contributed by atoms with Crippen LogP contribution in [0.2, 0.25) is 0 Å². The van der Waals surface area contributed by atoms with E-state index in [2.05, 4.69) is 41.1 Å². The molecule has 12 nitrogen and oxygen atoms in total. The number of fused-ring (bicyclic) bond motifs is 1. The lowest BCUT2D eigenvalue weighted by Gasteiger charge is -2.10. The number of benzene rings is 2. The van der Waals surface area contributed by atoms with Crippen LogP contribution in [0.3, 0.4) is 0 Å². The van der Waals surface area contributed by atoms with E-state index in [1.54, 1.807) is 7.11 Å². The van der Waals surface area contributed by atoms with Crippen molar-refractivity contribution in [2.24, 2.45) is 15.4 Å². The highest BCUT2D eigenvalue weighted by atomic mass is 16.5. The van der Waals surface area contributed by atoms with Gasteiger partial charge in [0.15, 0.2) is 0 Å². The maximum atomic E-state index is 13.0. The number of amides is 2. The topological polar surface area (TPSA) is 148 Å². The van der Waals surface area contributed by atoms with Gasteiger partial charge in [-0.05, 0) is 34.0 Å². The van der Waals surface area contributed by atoms with E-state index in [4.69, 9.17) is 4.74 Å². The molecule has 5 rings (SSSR count). The summed E-state index contributed by atoms with van der Waals surface area (Å²) in [6.45, 7) is 0.999. The molecule has 2 aromatic carbocycles. The van der Waals surface area contributed by atoms with Crippen molar-refractivity contribution in [2.45, 2.75) is 13.1 Å². The Kier molecular flexibility index (Phi) is 6.38. The Labute approximate surface area is 205 Å². The number of nitrogens with one attached hydrogen (secondary N) is 2. The Bertz CT molecular complexity index is 1490. The van der Waals surface area contributed by atoms with Crippen molar-refractivity contribution in [1.82, 2.24) is 30.2 Å². The smallest absolute Gasteiger partial charge is 0.270 e. The van der Waals surface area contributed by atoms with Crippen LogP contribution in [0.25, 0.3) is 5.78 Å². The molecule has 2 amide bonds. The number of rotatable bonds is 8. The predicted octanol–water partition coefficient (Wildman–Crippen LogP) is 2.16. The summed E-state index contributed by atoms with van der Waals surface area (Å²) in [6, 6.07) is 16.4. The molecule has 3 heterocycles. The number of carbonyl (C=O) groups excluding carboxylic acids is 2. The second-order valence-electron chi connectivity index (χ2n) is 7.85. The molecule has 0 atom stereocenters. The molecular formula is C24H21N9O3. The fraction of sp³-hybridized carbons (Fsp3) is 0.167. The van der Waals surface area contributed by atoms with E-state index in [1.807, 2.05) is 48.5 Å². The molecule has 1 aliphatic heterocycles. The summed E-state index contributed by atoms with van der Waals surface area (Å²) in [5, 5.41) is 21.2. The average molecular weight is 483 g/mol. The van der Waals surface area contributed by atoms with Gasteiger partial charge in [0.25, 0.3) is 17.6 Å². The number of hydrogen-bond acceptors (Lipinski definition) is 9. The first-order chi connectivity index (χ1) is 17.6. The number of aromatic nitrogens is 4. The minimum Gasteiger partial charge on any atom is -0.497 e. The lowest BCUT2D eigenvalue weighted by atomic mass is 10.1. The maximum Gasteiger partial charge on any atom is 0.270 e. The van der Waals surface area contributed by atoms with Crippen LogP contribution in [-0.2, 0) is 13.1 Å². The number of carbonyl (C=O) groups is 2. The fourth-order valence-corrected chi connectivity index (χ4v) is 3.60. The predicted molar refractivity (Wildman–Crippen MR) is 129 cm³/mol. The maximum absolute atomic E-state index is 13.0. The van der Waals surface area contributed by atoms with Crippen molar-refractivity contribution in [3.63, 3.8) is 0 Å². The van der Waals surface area contributed by atoms with Gasteiger partial charge >= 0.3 is 0 Å². The lowest BCUT2D eigenvalue weighted by Crippen LogP contribution is -2.28. The summed E-state index contributed by atoms with van der Waals surface area (Å²) in [5.74, 6) is -0.0267. The van der Waals surface area contributed by atoms with Crippen molar-refractivity contribution in [3.8, 4) is 5.75 Å².